The minimum Gasteiger partial charge on any atom is -0.338 e. The number of likely N-dealkylation sites (tertiary alicyclic amines) is 1. The number of aromatic nitrogens is 1. The van der Waals surface area contributed by atoms with E-state index < -0.39 is 21.7 Å². The van der Waals surface area contributed by atoms with Crippen LogP contribution >= 0.6 is 11.6 Å². The van der Waals surface area contributed by atoms with Crippen LogP contribution in [0.1, 0.15) is 23.2 Å². The summed E-state index contributed by atoms with van der Waals surface area (Å²) in [5.74, 6) is -1.03. The summed E-state index contributed by atoms with van der Waals surface area (Å²) in [6.45, 7) is 0.748. The van der Waals surface area contributed by atoms with Crippen LogP contribution in [-0.2, 0) is 10.0 Å². The van der Waals surface area contributed by atoms with E-state index in [4.69, 9.17) is 11.6 Å². The molecule has 2 rings (SSSR count). The monoisotopic (exact) mass is 335 g/mol. The third-order valence-electron chi connectivity index (χ3n) is 3.20. The number of nitrogens with one attached hydrogen (secondary N) is 1. The maximum absolute atomic E-state index is 13.2. The normalized spacial score (nSPS) is 17.0. The van der Waals surface area contributed by atoms with Gasteiger partial charge in [0.05, 0.1) is 18.0 Å². The smallest absolute Gasteiger partial charge is 0.257 e. The van der Waals surface area contributed by atoms with Gasteiger partial charge in [0.2, 0.25) is 10.0 Å². The lowest BCUT2D eigenvalue weighted by atomic mass is 10.1. The molecule has 0 saturated carbocycles. The fourth-order valence-corrected chi connectivity index (χ4v) is 3.27. The Morgan fingerprint density at radius 1 is 1.48 bits per heavy atom. The number of nitrogens with zero attached hydrogens (tertiary/aromatic N) is 2. The van der Waals surface area contributed by atoms with Crippen LogP contribution in [-0.4, -0.2) is 49.6 Å². The minimum atomic E-state index is -3.26. The number of hydrogen-bond donors (Lipinski definition) is 1. The summed E-state index contributed by atoms with van der Waals surface area (Å²) in [5, 5.41) is -0.0437. The Labute approximate surface area is 127 Å². The third-order valence-corrected chi connectivity index (χ3v) is 4.26. The van der Waals surface area contributed by atoms with Gasteiger partial charge in [0, 0.05) is 19.1 Å². The molecule has 1 aromatic heterocycles. The van der Waals surface area contributed by atoms with Crippen LogP contribution in [0.15, 0.2) is 12.3 Å². The molecule has 6 nitrogen and oxygen atoms in total. The largest absolute Gasteiger partial charge is 0.338 e. The van der Waals surface area contributed by atoms with E-state index >= 15 is 0 Å². The second-order valence-electron chi connectivity index (χ2n) is 4.95. The van der Waals surface area contributed by atoms with Gasteiger partial charge in [0.1, 0.15) is 11.0 Å². The van der Waals surface area contributed by atoms with Crippen molar-refractivity contribution in [2.75, 3.05) is 19.3 Å². The van der Waals surface area contributed by atoms with Gasteiger partial charge in [-0.25, -0.2) is 22.5 Å². The molecule has 116 valence electrons. The maximum atomic E-state index is 13.2. The van der Waals surface area contributed by atoms with E-state index in [-0.39, 0.29) is 16.8 Å². The summed E-state index contributed by atoms with van der Waals surface area (Å²) in [6, 6.07) is 0.864. The number of halogens is 2. The first kappa shape index (κ1) is 16.1. The van der Waals surface area contributed by atoms with Gasteiger partial charge < -0.3 is 4.90 Å². The number of piperidine rings is 1. The molecule has 0 aliphatic carbocycles. The van der Waals surface area contributed by atoms with E-state index in [0.29, 0.717) is 25.9 Å². The molecule has 9 heteroatoms. The molecule has 0 radical (unpaired) electrons. The van der Waals surface area contributed by atoms with Crippen LogP contribution in [0.25, 0.3) is 0 Å². The average Bonchev–Trinajstić information content (AvgIpc) is 2.40. The summed E-state index contributed by atoms with van der Waals surface area (Å²) in [7, 11) is -3.26. The summed E-state index contributed by atoms with van der Waals surface area (Å²) >= 11 is 5.81. The highest BCUT2D eigenvalue weighted by molar-refractivity contribution is 7.88. The van der Waals surface area contributed by atoms with Crippen LogP contribution in [0.2, 0.25) is 5.15 Å². The van der Waals surface area contributed by atoms with Crippen molar-refractivity contribution in [3.05, 3.63) is 28.8 Å². The molecule has 2 heterocycles. The molecular weight excluding hydrogens is 321 g/mol. The Hall–Kier alpha value is -1.25. The van der Waals surface area contributed by atoms with Crippen LogP contribution < -0.4 is 4.72 Å². The van der Waals surface area contributed by atoms with Gasteiger partial charge in [0.15, 0.2) is 0 Å². The Balaban J connectivity index is 2.02. The Morgan fingerprint density at radius 2 is 2.10 bits per heavy atom. The quantitative estimate of drug-likeness (QED) is 0.837. The number of sulfonamides is 1. The maximum Gasteiger partial charge on any atom is 0.257 e. The van der Waals surface area contributed by atoms with E-state index in [9.17, 15) is 17.6 Å². The van der Waals surface area contributed by atoms with Crippen molar-refractivity contribution in [3.63, 3.8) is 0 Å². The van der Waals surface area contributed by atoms with Gasteiger partial charge in [-0.1, -0.05) is 11.6 Å². The first-order valence-electron chi connectivity index (χ1n) is 6.34. The van der Waals surface area contributed by atoms with Crippen molar-refractivity contribution < 1.29 is 17.6 Å². The summed E-state index contributed by atoms with van der Waals surface area (Å²) in [4.78, 5) is 17.4. The van der Waals surface area contributed by atoms with E-state index in [1.165, 1.54) is 4.90 Å². The number of amides is 1. The lowest BCUT2D eigenvalue weighted by Gasteiger charge is -2.32. The molecule has 0 unspecified atom stereocenters. The molecule has 0 atom stereocenters. The highest BCUT2D eigenvalue weighted by atomic mass is 35.5. The van der Waals surface area contributed by atoms with Gasteiger partial charge in [-0.2, -0.15) is 0 Å². The zero-order chi connectivity index (χ0) is 15.6. The van der Waals surface area contributed by atoms with Gasteiger partial charge in [-0.15, -0.1) is 0 Å². The molecule has 0 aromatic carbocycles. The molecule has 1 fully saturated rings. The molecule has 1 aromatic rings. The second-order valence-corrected chi connectivity index (χ2v) is 7.09. The number of carbonyl (C=O) groups is 1. The molecule has 0 spiro atoms. The summed E-state index contributed by atoms with van der Waals surface area (Å²) in [5.41, 5.74) is 0.0196. The number of carbonyl (C=O) groups excluding carboxylic acids is 1. The first-order valence-corrected chi connectivity index (χ1v) is 8.61. The minimum absolute atomic E-state index is 0.0196. The van der Waals surface area contributed by atoms with Crippen molar-refractivity contribution in [1.82, 2.24) is 14.6 Å². The fourth-order valence-electron chi connectivity index (χ4n) is 2.25. The van der Waals surface area contributed by atoms with E-state index in [1.54, 1.807) is 0 Å². The zero-order valence-electron chi connectivity index (χ0n) is 11.3. The molecule has 1 aliphatic heterocycles. The number of pyridine rings is 1. The Bertz CT molecular complexity index is 645. The highest BCUT2D eigenvalue weighted by Gasteiger charge is 2.26. The van der Waals surface area contributed by atoms with Crippen molar-refractivity contribution >= 4 is 27.5 Å². The van der Waals surface area contributed by atoms with Crippen molar-refractivity contribution in [3.8, 4) is 0 Å². The summed E-state index contributed by atoms with van der Waals surface area (Å²) < 4.78 is 38.0. The van der Waals surface area contributed by atoms with Crippen LogP contribution in [0.4, 0.5) is 4.39 Å². The van der Waals surface area contributed by atoms with Gasteiger partial charge in [0.25, 0.3) is 5.91 Å². The topological polar surface area (TPSA) is 79.4 Å². The summed E-state index contributed by atoms with van der Waals surface area (Å²) in [6.07, 6.45) is 3.04. The van der Waals surface area contributed by atoms with Gasteiger partial charge in [-0.05, 0) is 18.9 Å². The predicted octanol–water partition coefficient (Wildman–Crippen LogP) is 1.03. The zero-order valence-corrected chi connectivity index (χ0v) is 12.9. The van der Waals surface area contributed by atoms with Crippen molar-refractivity contribution in [1.29, 1.82) is 0 Å². The number of hydrogen-bond acceptors (Lipinski definition) is 4. The van der Waals surface area contributed by atoms with Crippen LogP contribution in [0, 0.1) is 5.82 Å². The number of rotatable bonds is 3. The van der Waals surface area contributed by atoms with Gasteiger partial charge >= 0.3 is 0 Å². The molecule has 1 amide bonds. The van der Waals surface area contributed by atoms with E-state index in [2.05, 4.69) is 9.71 Å². The average molecular weight is 336 g/mol. The molecule has 0 bridgehead atoms. The van der Waals surface area contributed by atoms with Crippen LogP contribution in [0.3, 0.4) is 0 Å². The van der Waals surface area contributed by atoms with Gasteiger partial charge in [-0.3, -0.25) is 4.79 Å². The third kappa shape index (κ3) is 4.36. The second kappa shape index (κ2) is 6.25. The SMILES string of the molecule is CS(=O)(=O)NC1CCN(C(=O)c2cc(F)cnc2Cl)CC1. The predicted molar refractivity (Wildman–Crippen MR) is 76.1 cm³/mol. The lowest BCUT2D eigenvalue weighted by molar-refractivity contribution is 0.0710. The standard InChI is InChI=1S/C12H15ClFN3O3S/c1-21(19,20)16-9-2-4-17(5-3-9)12(18)10-6-8(14)7-15-11(10)13/h6-7,9,16H,2-5H2,1H3. The highest BCUT2D eigenvalue weighted by Crippen LogP contribution is 2.19. The Morgan fingerprint density at radius 3 is 2.67 bits per heavy atom. The van der Waals surface area contributed by atoms with Crippen molar-refractivity contribution in [2.24, 2.45) is 0 Å². The molecule has 21 heavy (non-hydrogen) atoms. The first-order chi connectivity index (χ1) is 9.76. The molecule has 1 saturated heterocycles. The molecule has 1 aliphatic rings. The Kier molecular flexibility index (Phi) is 4.80. The lowest BCUT2D eigenvalue weighted by Crippen LogP contribution is -2.46. The van der Waals surface area contributed by atoms with Crippen molar-refractivity contribution in [2.45, 2.75) is 18.9 Å². The molecule has 1 N–H and O–H groups in total. The van der Waals surface area contributed by atoms with E-state index in [0.717, 1.165) is 18.5 Å². The van der Waals surface area contributed by atoms with Crippen LogP contribution in [0.5, 0.6) is 0 Å². The van der Waals surface area contributed by atoms with E-state index in [1.807, 2.05) is 0 Å². The molecular formula is C12H15ClFN3O3S. The fraction of sp³-hybridized carbons (Fsp3) is 0.500.